The lowest BCUT2D eigenvalue weighted by atomic mass is 10.1. The zero-order valence-electron chi connectivity index (χ0n) is 13.0. The van der Waals surface area contributed by atoms with E-state index < -0.39 is 0 Å². The first-order valence-corrected chi connectivity index (χ1v) is 8.46. The summed E-state index contributed by atoms with van der Waals surface area (Å²) in [5.41, 5.74) is 3.10. The number of aromatic hydroxyl groups is 2. The van der Waals surface area contributed by atoms with Crippen LogP contribution in [-0.2, 0) is 11.8 Å². The van der Waals surface area contributed by atoms with Gasteiger partial charge in [0.1, 0.15) is 11.5 Å². The van der Waals surface area contributed by atoms with Gasteiger partial charge in [-0.3, -0.25) is 9.98 Å². The van der Waals surface area contributed by atoms with Crippen LogP contribution in [-0.4, -0.2) is 35.7 Å². The molecule has 0 radical (unpaired) electrons. The number of hydrogen-bond acceptors (Lipinski definition) is 4. The highest BCUT2D eigenvalue weighted by molar-refractivity contribution is 6.17. The Morgan fingerprint density at radius 2 is 1.17 bits per heavy atom. The van der Waals surface area contributed by atoms with E-state index in [1.54, 1.807) is 48.8 Å². The maximum absolute atomic E-state index is 9.76. The first-order chi connectivity index (χ1) is 11.6. The number of phenols is 2. The fraction of sp³-hybridized carbons (Fsp3) is 0.222. The summed E-state index contributed by atoms with van der Waals surface area (Å²) in [5, 5.41) is 19.5. The zero-order chi connectivity index (χ0) is 17.4. The highest BCUT2D eigenvalue weighted by Crippen LogP contribution is 2.18. The van der Waals surface area contributed by atoms with Crippen LogP contribution in [0.5, 0.6) is 11.5 Å². The molecule has 126 valence electrons. The van der Waals surface area contributed by atoms with Crippen molar-refractivity contribution in [3.05, 3.63) is 58.7 Å². The SMILES string of the molecule is Oc1ccc(CCl)cc1C=NCCN=Cc1cc(CCl)ccc1O. The molecule has 0 unspecified atom stereocenters. The number of rotatable bonds is 7. The maximum Gasteiger partial charge on any atom is 0.124 e. The fourth-order valence-corrected chi connectivity index (χ4v) is 2.35. The standard InChI is InChI=1S/C18H18Cl2N2O2/c19-9-13-1-3-17(23)15(7-13)11-21-5-6-22-12-16-8-14(10-20)2-4-18(16)24/h1-4,7-8,11-12,23-24H,5-6,9-10H2. The molecule has 0 aliphatic rings. The highest BCUT2D eigenvalue weighted by atomic mass is 35.5. The summed E-state index contributed by atoms with van der Waals surface area (Å²) in [6.45, 7) is 0.938. The van der Waals surface area contributed by atoms with Gasteiger partial charge in [0.05, 0.1) is 13.1 Å². The Kier molecular flexibility index (Phi) is 7.09. The van der Waals surface area contributed by atoms with Crippen molar-refractivity contribution in [3.8, 4) is 11.5 Å². The minimum atomic E-state index is 0.166. The van der Waals surface area contributed by atoms with Crippen molar-refractivity contribution in [2.24, 2.45) is 9.98 Å². The average molecular weight is 365 g/mol. The molecule has 2 aromatic rings. The van der Waals surface area contributed by atoms with Crippen LogP contribution in [0.15, 0.2) is 46.4 Å². The third-order valence-corrected chi connectivity index (χ3v) is 3.93. The number of phenolic OH excluding ortho intramolecular Hbond substituents is 2. The molecular weight excluding hydrogens is 347 g/mol. The Balaban J connectivity index is 1.91. The second kappa shape index (κ2) is 9.30. The van der Waals surface area contributed by atoms with Crippen molar-refractivity contribution >= 4 is 35.6 Å². The lowest BCUT2D eigenvalue weighted by molar-refractivity contribution is 0.473. The van der Waals surface area contributed by atoms with Crippen LogP contribution >= 0.6 is 23.2 Å². The van der Waals surface area contributed by atoms with E-state index in [0.717, 1.165) is 11.1 Å². The average Bonchev–Trinajstić information content (AvgIpc) is 2.60. The van der Waals surface area contributed by atoms with Crippen LogP contribution in [0, 0.1) is 0 Å². The van der Waals surface area contributed by atoms with E-state index in [1.165, 1.54) is 0 Å². The van der Waals surface area contributed by atoms with E-state index in [1.807, 2.05) is 0 Å². The Morgan fingerprint density at radius 3 is 1.54 bits per heavy atom. The van der Waals surface area contributed by atoms with Crippen LogP contribution in [0.25, 0.3) is 0 Å². The molecule has 24 heavy (non-hydrogen) atoms. The van der Waals surface area contributed by atoms with Gasteiger partial charge >= 0.3 is 0 Å². The summed E-state index contributed by atoms with van der Waals surface area (Å²) in [5.74, 6) is 1.10. The lowest BCUT2D eigenvalue weighted by Gasteiger charge is -2.01. The molecular formula is C18H18Cl2N2O2. The summed E-state index contributed by atoms with van der Waals surface area (Å²) < 4.78 is 0. The minimum absolute atomic E-state index is 0.166. The third-order valence-electron chi connectivity index (χ3n) is 3.31. The topological polar surface area (TPSA) is 65.2 Å². The number of hydrogen-bond donors (Lipinski definition) is 2. The van der Waals surface area contributed by atoms with Crippen LogP contribution in [0.2, 0.25) is 0 Å². The molecule has 2 aromatic carbocycles. The molecule has 0 aliphatic heterocycles. The van der Waals surface area contributed by atoms with E-state index >= 15 is 0 Å². The lowest BCUT2D eigenvalue weighted by Crippen LogP contribution is -1.92. The van der Waals surface area contributed by atoms with Crippen molar-refractivity contribution in [1.29, 1.82) is 0 Å². The van der Waals surface area contributed by atoms with E-state index in [0.29, 0.717) is 36.0 Å². The van der Waals surface area contributed by atoms with Gasteiger partial charge in [0.15, 0.2) is 0 Å². The van der Waals surface area contributed by atoms with Crippen molar-refractivity contribution in [3.63, 3.8) is 0 Å². The number of benzene rings is 2. The van der Waals surface area contributed by atoms with E-state index in [9.17, 15) is 10.2 Å². The summed E-state index contributed by atoms with van der Waals surface area (Å²) in [6, 6.07) is 10.3. The number of halogens is 2. The van der Waals surface area contributed by atoms with Crippen LogP contribution < -0.4 is 0 Å². The molecule has 0 saturated heterocycles. The molecule has 0 saturated carbocycles. The third kappa shape index (κ3) is 5.25. The van der Waals surface area contributed by atoms with E-state index in [-0.39, 0.29) is 11.5 Å². The molecule has 0 amide bonds. The quantitative estimate of drug-likeness (QED) is 0.441. The predicted octanol–water partition coefficient (Wildman–Crippen LogP) is 4.11. The van der Waals surface area contributed by atoms with Gasteiger partial charge < -0.3 is 10.2 Å². The van der Waals surface area contributed by atoms with Crippen molar-refractivity contribution in [1.82, 2.24) is 0 Å². The molecule has 0 bridgehead atoms. The number of alkyl halides is 2. The predicted molar refractivity (Wildman–Crippen MR) is 100 cm³/mol. The molecule has 0 atom stereocenters. The second-order valence-electron chi connectivity index (χ2n) is 5.12. The summed E-state index contributed by atoms with van der Waals surface area (Å²) in [6.07, 6.45) is 3.21. The Labute approximate surface area is 151 Å². The van der Waals surface area contributed by atoms with Crippen molar-refractivity contribution in [2.75, 3.05) is 13.1 Å². The van der Waals surface area contributed by atoms with E-state index in [2.05, 4.69) is 9.98 Å². The number of aliphatic imine (C=N–C) groups is 2. The molecule has 4 nitrogen and oxygen atoms in total. The largest absolute Gasteiger partial charge is 0.507 e. The molecule has 0 aliphatic carbocycles. The van der Waals surface area contributed by atoms with Gasteiger partial charge in [0.2, 0.25) is 0 Å². The Hall–Kier alpha value is -2.04. The van der Waals surface area contributed by atoms with E-state index in [4.69, 9.17) is 23.2 Å². The van der Waals surface area contributed by atoms with Gasteiger partial charge in [-0.2, -0.15) is 0 Å². The Morgan fingerprint density at radius 1 is 0.750 bits per heavy atom. The fourth-order valence-electron chi connectivity index (χ4n) is 2.02. The molecule has 2 N–H and O–H groups in total. The van der Waals surface area contributed by atoms with Gasteiger partial charge in [-0.05, 0) is 35.4 Å². The molecule has 6 heteroatoms. The second-order valence-corrected chi connectivity index (χ2v) is 5.66. The van der Waals surface area contributed by atoms with Crippen molar-refractivity contribution in [2.45, 2.75) is 11.8 Å². The van der Waals surface area contributed by atoms with Crippen molar-refractivity contribution < 1.29 is 10.2 Å². The molecule has 0 aromatic heterocycles. The van der Waals surface area contributed by atoms with Gasteiger partial charge in [-0.15, -0.1) is 23.2 Å². The zero-order valence-corrected chi connectivity index (χ0v) is 14.5. The smallest absolute Gasteiger partial charge is 0.124 e. The van der Waals surface area contributed by atoms with Gasteiger partial charge in [0, 0.05) is 35.3 Å². The molecule has 0 heterocycles. The first-order valence-electron chi connectivity index (χ1n) is 7.39. The van der Waals surface area contributed by atoms with Crippen LogP contribution in [0.3, 0.4) is 0 Å². The normalized spacial score (nSPS) is 11.6. The highest BCUT2D eigenvalue weighted by Gasteiger charge is 2.00. The Bertz CT molecular complexity index is 682. The molecule has 0 fully saturated rings. The first kappa shape index (κ1) is 18.3. The van der Waals surface area contributed by atoms with Crippen LogP contribution in [0.1, 0.15) is 22.3 Å². The summed E-state index contributed by atoms with van der Waals surface area (Å²) >= 11 is 11.5. The number of nitrogens with zero attached hydrogens (tertiary/aromatic N) is 2. The van der Waals surface area contributed by atoms with Gasteiger partial charge in [-0.1, -0.05) is 12.1 Å². The minimum Gasteiger partial charge on any atom is -0.507 e. The molecule has 2 rings (SSSR count). The summed E-state index contributed by atoms with van der Waals surface area (Å²) in [7, 11) is 0. The monoisotopic (exact) mass is 364 g/mol. The summed E-state index contributed by atoms with van der Waals surface area (Å²) in [4.78, 5) is 8.48. The molecule has 0 spiro atoms. The van der Waals surface area contributed by atoms with Gasteiger partial charge in [-0.25, -0.2) is 0 Å². The van der Waals surface area contributed by atoms with Gasteiger partial charge in [0.25, 0.3) is 0 Å². The maximum atomic E-state index is 9.76. The van der Waals surface area contributed by atoms with Crippen LogP contribution in [0.4, 0.5) is 0 Å².